The third-order valence-electron chi connectivity index (χ3n) is 2.09. The SMILES string of the molecule is O=C1C=c2cccc(B(O)O)c2=NC1. The highest BCUT2D eigenvalue weighted by molar-refractivity contribution is 6.58. The minimum absolute atomic E-state index is 0.0675. The summed E-state index contributed by atoms with van der Waals surface area (Å²) in [4.78, 5) is 15.0. The minimum atomic E-state index is -1.55. The second kappa shape index (κ2) is 3.36. The topological polar surface area (TPSA) is 69.9 Å². The molecule has 1 aliphatic heterocycles. The predicted octanol–water partition coefficient (Wildman–Crippen LogP) is -2.65. The molecule has 5 heteroatoms. The first-order valence-corrected chi connectivity index (χ1v) is 4.22. The van der Waals surface area contributed by atoms with Gasteiger partial charge in [-0.15, -0.1) is 0 Å². The lowest BCUT2D eigenvalue weighted by atomic mass is 9.79. The first kappa shape index (κ1) is 9.11. The van der Waals surface area contributed by atoms with Crippen LogP contribution in [-0.2, 0) is 4.79 Å². The molecule has 0 saturated carbocycles. The zero-order chi connectivity index (χ0) is 10.1. The molecular formula is C9H8BNO3. The van der Waals surface area contributed by atoms with E-state index >= 15 is 0 Å². The Balaban J connectivity index is 2.76. The van der Waals surface area contributed by atoms with Crippen molar-refractivity contribution in [1.29, 1.82) is 0 Å². The Bertz CT molecular complexity index is 495. The normalized spacial score (nSPS) is 14.0. The van der Waals surface area contributed by atoms with Crippen LogP contribution < -0.4 is 16.0 Å². The molecule has 1 aliphatic rings. The highest BCUT2D eigenvalue weighted by atomic mass is 16.4. The first-order chi connectivity index (χ1) is 6.68. The second-order valence-corrected chi connectivity index (χ2v) is 3.09. The van der Waals surface area contributed by atoms with Gasteiger partial charge in [0.25, 0.3) is 0 Å². The van der Waals surface area contributed by atoms with Crippen molar-refractivity contribution in [2.75, 3.05) is 6.54 Å². The van der Waals surface area contributed by atoms with Gasteiger partial charge in [-0.3, -0.25) is 9.79 Å². The number of Topliss-reactive ketones (excluding diaryl/α,β-unsaturated/α-hetero) is 1. The van der Waals surface area contributed by atoms with E-state index in [1.807, 2.05) is 0 Å². The van der Waals surface area contributed by atoms with Gasteiger partial charge in [0.1, 0.15) is 6.54 Å². The van der Waals surface area contributed by atoms with Crippen LogP contribution >= 0.6 is 0 Å². The molecule has 0 radical (unpaired) electrons. The molecule has 0 amide bonds. The molecule has 0 atom stereocenters. The number of hydrogen-bond donors (Lipinski definition) is 2. The van der Waals surface area contributed by atoms with E-state index in [9.17, 15) is 4.79 Å². The Morgan fingerprint density at radius 2 is 2.14 bits per heavy atom. The van der Waals surface area contributed by atoms with Crippen LogP contribution in [0.3, 0.4) is 0 Å². The molecule has 70 valence electrons. The summed E-state index contributed by atoms with van der Waals surface area (Å²) >= 11 is 0. The van der Waals surface area contributed by atoms with Gasteiger partial charge in [0.05, 0.1) is 5.36 Å². The second-order valence-electron chi connectivity index (χ2n) is 3.09. The van der Waals surface area contributed by atoms with Crippen molar-refractivity contribution >= 4 is 24.4 Å². The van der Waals surface area contributed by atoms with Crippen molar-refractivity contribution in [3.8, 4) is 0 Å². The van der Waals surface area contributed by atoms with Crippen molar-refractivity contribution in [3.05, 3.63) is 28.8 Å². The molecule has 0 spiro atoms. The van der Waals surface area contributed by atoms with Crippen molar-refractivity contribution in [1.82, 2.24) is 0 Å². The Hall–Kier alpha value is -1.46. The first-order valence-electron chi connectivity index (χ1n) is 4.22. The van der Waals surface area contributed by atoms with Gasteiger partial charge in [0.2, 0.25) is 0 Å². The van der Waals surface area contributed by atoms with E-state index < -0.39 is 7.12 Å². The molecular weight excluding hydrogens is 181 g/mol. The lowest BCUT2D eigenvalue weighted by Gasteiger charge is -2.04. The van der Waals surface area contributed by atoms with E-state index in [2.05, 4.69) is 4.99 Å². The third kappa shape index (κ3) is 1.47. The van der Waals surface area contributed by atoms with Crippen LogP contribution in [0.15, 0.2) is 23.2 Å². The van der Waals surface area contributed by atoms with Gasteiger partial charge in [-0.05, 0) is 6.08 Å². The van der Waals surface area contributed by atoms with E-state index in [4.69, 9.17) is 10.0 Å². The Kier molecular flexibility index (Phi) is 2.19. The Labute approximate surface area is 80.4 Å². The number of ketones is 1. The van der Waals surface area contributed by atoms with Gasteiger partial charge in [-0.1, -0.05) is 18.2 Å². The molecule has 1 heterocycles. The van der Waals surface area contributed by atoms with Crippen molar-refractivity contribution in [2.45, 2.75) is 0 Å². The van der Waals surface area contributed by atoms with Crippen molar-refractivity contribution < 1.29 is 14.8 Å². The molecule has 2 rings (SSSR count). The summed E-state index contributed by atoms with van der Waals surface area (Å²) < 4.78 is 0. The molecule has 0 unspecified atom stereocenters. The summed E-state index contributed by atoms with van der Waals surface area (Å²) in [5, 5.41) is 19.2. The summed E-state index contributed by atoms with van der Waals surface area (Å²) in [6, 6.07) is 4.97. The average Bonchev–Trinajstić information content (AvgIpc) is 2.16. The average molecular weight is 189 g/mol. The monoisotopic (exact) mass is 189 g/mol. The highest BCUT2D eigenvalue weighted by Gasteiger charge is 2.15. The van der Waals surface area contributed by atoms with Gasteiger partial charge >= 0.3 is 7.12 Å². The molecule has 0 saturated heterocycles. The van der Waals surface area contributed by atoms with E-state index in [1.165, 1.54) is 6.08 Å². The van der Waals surface area contributed by atoms with Gasteiger partial charge in [0, 0.05) is 10.7 Å². The molecule has 0 aliphatic carbocycles. The number of rotatable bonds is 1. The van der Waals surface area contributed by atoms with E-state index in [0.717, 1.165) is 0 Å². The lowest BCUT2D eigenvalue weighted by Crippen LogP contribution is -2.50. The number of carbonyl (C=O) groups is 1. The molecule has 4 nitrogen and oxygen atoms in total. The molecule has 1 aromatic rings. The number of fused-ring (bicyclic) bond motifs is 1. The van der Waals surface area contributed by atoms with Crippen LogP contribution in [0.2, 0.25) is 0 Å². The molecule has 0 bridgehead atoms. The summed E-state index contributed by atoms with van der Waals surface area (Å²) in [5.74, 6) is -0.0675. The van der Waals surface area contributed by atoms with E-state index in [1.54, 1.807) is 18.2 Å². The van der Waals surface area contributed by atoms with Gasteiger partial charge in [-0.2, -0.15) is 0 Å². The maximum atomic E-state index is 11.0. The number of carbonyl (C=O) groups excluding carboxylic acids is 1. The fourth-order valence-corrected chi connectivity index (χ4v) is 1.46. The van der Waals surface area contributed by atoms with Crippen LogP contribution in [0.25, 0.3) is 6.08 Å². The smallest absolute Gasteiger partial charge is 0.423 e. The van der Waals surface area contributed by atoms with Crippen LogP contribution in [-0.4, -0.2) is 29.5 Å². The zero-order valence-corrected chi connectivity index (χ0v) is 7.34. The van der Waals surface area contributed by atoms with Crippen molar-refractivity contribution in [2.24, 2.45) is 4.99 Å². The summed E-state index contributed by atoms with van der Waals surface area (Å²) in [6.45, 7) is 0.0801. The van der Waals surface area contributed by atoms with Gasteiger partial charge < -0.3 is 10.0 Å². The zero-order valence-electron chi connectivity index (χ0n) is 7.34. The highest BCUT2D eigenvalue weighted by Crippen LogP contribution is 1.82. The van der Waals surface area contributed by atoms with Gasteiger partial charge in [-0.25, -0.2) is 0 Å². The van der Waals surface area contributed by atoms with Crippen LogP contribution in [0.5, 0.6) is 0 Å². The standard InChI is InChI=1S/C9H8BNO3/c12-7-4-6-2-1-3-8(10(13)14)9(6)11-5-7/h1-4,13-14H,5H2. The predicted molar refractivity (Wildman–Crippen MR) is 51.4 cm³/mol. The van der Waals surface area contributed by atoms with Crippen LogP contribution in [0.4, 0.5) is 0 Å². The lowest BCUT2D eigenvalue weighted by molar-refractivity contribution is -0.112. The number of nitrogens with zero attached hydrogens (tertiary/aromatic N) is 1. The van der Waals surface area contributed by atoms with Crippen LogP contribution in [0.1, 0.15) is 0 Å². The largest absolute Gasteiger partial charge is 0.490 e. The quantitative estimate of drug-likeness (QED) is 0.474. The third-order valence-corrected chi connectivity index (χ3v) is 2.09. The molecule has 1 aromatic carbocycles. The van der Waals surface area contributed by atoms with E-state index in [0.29, 0.717) is 16.0 Å². The number of para-hydroxylation sites is 1. The minimum Gasteiger partial charge on any atom is -0.423 e. The maximum absolute atomic E-state index is 11.0. The summed E-state index contributed by atoms with van der Waals surface area (Å²) in [7, 11) is -1.55. The molecule has 2 N–H and O–H groups in total. The molecule has 14 heavy (non-hydrogen) atoms. The molecule has 0 fully saturated rings. The fraction of sp³-hybridized carbons (Fsp3) is 0.111. The number of hydrogen-bond acceptors (Lipinski definition) is 4. The maximum Gasteiger partial charge on any atom is 0.490 e. The van der Waals surface area contributed by atoms with E-state index in [-0.39, 0.29) is 12.3 Å². The Morgan fingerprint density at radius 3 is 2.86 bits per heavy atom. The van der Waals surface area contributed by atoms with Gasteiger partial charge in [0.15, 0.2) is 5.78 Å². The van der Waals surface area contributed by atoms with Crippen molar-refractivity contribution in [3.63, 3.8) is 0 Å². The van der Waals surface area contributed by atoms with Crippen LogP contribution in [0, 0.1) is 0 Å². The summed E-state index contributed by atoms with van der Waals surface area (Å²) in [6.07, 6.45) is 1.47. The number of benzene rings is 1. The Morgan fingerprint density at radius 1 is 1.36 bits per heavy atom. The summed E-state index contributed by atoms with van der Waals surface area (Å²) in [5.41, 5.74) is 0.339. The molecule has 0 aromatic heterocycles. The fourth-order valence-electron chi connectivity index (χ4n) is 1.46.